The largest absolute Gasteiger partial charge is 0.345 e. The van der Waals surface area contributed by atoms with Gasteiger partial charge in [-0.25, -0.2) is 0 Å². The molecule has 0 saturated heterocycles. The van der Waals surface area contributed by atoms with Crippen molar-refractivity contribution in [3.8, 4) is 11.4 Å². The van der Waals surface area contributed by atoms with Gasteiger partial charge in [-0.3, -0.25) is 4.79 Å². The Kier molecular flexibility index (Phi) is 3.56. The average molecular weight is 325 g/mol. The van der Waals surface area contributed by atoms with Gasteiger partial charge in [0, 0.05) is 24.0 Å². The molecule has 122 valence electrons. The molecule has 0 bridgehead atoms. The predicted molar refractivity (Wildman–Crippen MR) is 81.9 cm³/mol. The van der Waals surface area contributed by atoms with Crippen molar-refractivity contribution in [3.63, 3.8) is 0 Å². The van der Waals surface area contributed by atoms with Crippen LogP contribution in [0.5, 0.6) is 0 Å². The molecule has 1 amide bonds. The Labute approximate surface area is 137 Å². The monoisotopic (exact) mass is 325 g/mol. The number of hydrogen-bond donors (Lipinski definition) is 1. The highest BCUT2D eigenvalue weighted by molar-refractivity contribution is 5.94. The molecule has 0 spiro atoms. The summed E-state index contributed by atoms with van der Waals surface area (Å²) < 4.78 is 10.1. The van der Waals surface area contributed by atoms with Crippen LogP contribution >= 0.6 is 0 Å². The highest BCUT2D eigenvalue weighted by atomic mass is 16.5. The van der Waals surface area contributed by atoms with Crippen molar-refractivity contribution in [2.24, 2.45) is 0 Å². The number of nitrogens with one attached hydrogen (secondary N) is 1. The third-order valence-corrected chi connectivity index (χ3v) is 3.75. The van der Waals surface area contributed by atoms with Gasteiger partial charge in [0.2, 0.25) is 17.6 Å². The second kappa shape index (κ2) is 5.88. The van der Waals surface area contributed by atoms with E-state index >= 15 is 0 Å². The summed E-state index contributed by atoms with van der Waals surface area (Å²) in [5.41, 5.74) is 1.35. The van der Waals surface area contributed by atoms with Crippen LogP contribution in [0.2, 0.25) is 0 Å². The molecule has 1 fully saturated rings. The summed E-state index contributed by atoms with van der Waals surface area (Å²) in [7, 11) is 0. The van der Waals surface area contributed by atoms with E-state index in [4.69, 9.17) is 9.05 Å². The van der Waals surface area contributed by atoms with Crippen molar-refractivity contribution in [2.45, 2.75) is 32.2 Å². The van der Waals surface area contributed by atoms with E-state index in [2.05, 4.69) is 25.6 Å². The first kappa shape index (κ1) is 14.6. The van der Waals surface area contributed by atoms with Gasteiger partial charge in [-0.15, -0.1) is 0 Å². The molecule has 2 heterocycles. The molecular weight excluding hydrogens is 310 g/mol. The van der Waals surface area contributed by atoms with Crippen molar-refractivity contribution in [1.29, 1.82) is 0 Å². The topological polar surface area (TPSA) is 107 Å². The van der Waals surface area contributed by atoms with Crippen molar-refractivity contribution >= 4 is 5.91 Å². The van der Waals surface area contributed by atoms with Crippen LogP contribution in [-0.4, -0.2) is 26.2 Å². The van der Waals surface area contributed by atoms with Gasteiger partial charge in [-0.2, -0.15) is 9.97 Å². The molecule has 1 aromatic carbocycles. The van der Waals surface area contributed by atoms with E-state index in [-0.39, 0.29) is 12.5 Å². The minimum atomic E-state index is -0.212. The lowest BCUT2D eigenvalue weighted by molar-refractivity contribution is 0.0949. The normalized spacial score (nSPS) is 13.9. The van der Waals surface area contributed by atoms with Crippen molar-refractivity contribution < 1.29 is 13.8 Å². The van der Waals surface area contributed by atoms with Crippen LogP contribution in [0.25, 0.3) is 11.4 Å². The molecule has 0 aliphatic heterocycles. The molecule has 1 N–H and O–H groups in total. The van der Waals surface area contributed by atoms with Gasteiger partial charge in [0.1, 0.15) is 0 Å². The smallest absolute Gasteiger partial charge is 0.251 e. The Morgan fingerprint density at radius 1 is 1.17 bits per heavy atom. The van der Waals surface area contributed by atoms with Crippen LogP contribution in [0.15, 0.2) is 33.3 Å². The van der Waals surface area contributed by atoms with Crippen LogP contribution in [0.4, 0.5) is 0 Å². The van der Waals surface area contributed by atoms with Gasteiger partial charge in [-0.1, -0.05) is 22.4 Å². The van der Waals surface area contributed by atoms with Crippen LogP contribution in [0.1, 0.15) is 46.7 Å². The zero-order chi connectivity index (χ0) is 16.5. The first-order valence-corrected chi connectivity index (χ1v) is 7.70. The summed E-state index contributed by atoms with van der Waals surface area (Å²) in [6.07, 6.45) is 2.22. The van der Waals surface area contributed by atoms with Gasteiger partial charge in [0.15, 0.2) is 5.82 Å². The zero-order valence-corrected chi connectivity index (χ0v) is 13.0. The van der Waals surface area contributed by atoms with E-state index in [1.807, 2.05) is 0 Å². The molecule has 1 aliphatic carbocycles. The standard InChI is InChI=1S/C16H15N5O3/c1-9-18-13(20-23-9)8-17-15(22)11-4-2-10(3-5-11)14-19-16(24-21-14)12-6-7-12/h2-5,12H,6-8H2,1H3,(H,17,22). The molecule has 4 rings (SSSR count). The minimum absolute atomic E-state index is 0.212. The maximum atomic E-state index is 12.1. The second-order valence-electron chi connectivity index (χ2n) is 5.72. The Morgan fingerprint density at radius 3 is 2.62 bits per heavy atom. The molecule has 24 heavy (non-hydrogen) atoms. The molecule has 0 atom stereocenters. The van der Waals surface area contributed by atoms with Gasteiger partial charge in [0.05, 0.1) is 6.54 Å². The number of rotatable bonds is 5. The Morgan fingerprint density at radius 2 is 1.96 bits per heavy atom. The van der Waals surface area contributed by atoms with E-state index in [0.29, 0.717) is 34.9 Å². The van der Waals surface area contributed by atoms with E-state index in [1.165, 1.54) is 0 Å². The lowest BCUT2D eigenvalue weighted by atomic mass is 10.1. The van der Waals surface area contributed by atoms with Crippen LogP contribution in [0, 0.1) is 6.92 Å². The zero-order valence-electron chi connectivity index (χ0n) is 13.0. The third-order valence-electron chi connectivity index (χ3n) is 3.75. The summed E-state index contributed by atoms with van der Waals surface area (Å²) >= 11 is 0. The first-order chi connectivity index (χ1) is 11.7. The van der Waals surface area contributed by atoms with Crippen molar-refractivity contribution in [3.05, 3.63) is 47.4 Å². The fourth-order valence-corrected chi connectivity index (χ4v) is 2.29. The number of benzene rings is 1. The van der Waals surface area contributed by atoms with Crippen LogP contribution in [-0.2, 0) is 6.54 Å². The number of carbonyl (C=O) groups is 1. The van der Waals surface area contributed by atoms with E-state index in [9.17, 15) is 4.79 Å². The predicted octanol–water partition coefficient (Wildman–Crippen LogP) is 2.24. The molecule has 8 heteroatoms. The van der Waals surface area contributed by atoms with E-state index in [0.717, 1.165) is 18.4 Å². The number of aryl methyl sites for hydroxylation is 1. The first-order valence-electron chi connectivity index (χ1n) is 7.70. The number of carbonyl (C=O) groups excluding carboxylic acids is 1. The lowest BCUT2D eigenvalue weighted by Crippen LogP contribution is -2.23. The lowest BCUT2D eigenvalue weighted by Gasteiger charge is -2.03. The van der Waals surface area contributed by atoms with E-state index in [1.54, 1.807) is 31.2 Å². The van der Waals surface area contributed by atoms with Crippen LogP contribution < -0.4 is 5.32 Å². The fourth-order valence-electron chi connectivity index (χ4n) is 2.29. The molecule has 8 nitrogen and oxygen atoms in total. The van der Waals surface area contributed by atoms with Gasteiger partial charge < -0.3 is 14.4 Å². The number of hydrogen-bond acceptors (Lipinski definition) is 7. The number of amides is 1. The van der Waals surface area contributed by atoms with E-state index < -0.39 is 0 Å². The fraction of sp³-hybridized carbons (Fsp3) is 0.312. The molecule has 1 saturated carbocycles. The number of nitrogens with zero attached hydrogens (tertiary/aromatic N) is 4. The van der Waals surface area contributed by atoms with Crippen molar-refractivity contribution in [2.75, 3.05) is 0 Å². The maximum absolute atomic E-state index is 12.1. The van der Waals surface area contributed by atoms with Crippen LogP contribution in [0.3, 0.4) is 0 Å². The molecule has 3 aromatic rings. The maximum Gasteiger partial charge on any atom is 0.251 e. The molecule has 0 unspecified atom stereocenters. The summed E-state index contributed by atoms with van der Waals surface area (Å²) in [6, 6.07) is 7.04. The molecular formula is C16H15N5O3. The van der Waals surface area contributed by atoms with Gasteiger partial charge in [-0.05, 0) is 25.0 Å². The second-order valence-corrected chi connectivity index (χ2v) is 5.72. The minimum Gasteiger partial charge on any atom is -0.345 e. The summed E-state index contributed by atoms with van der Waals surface area (Å²) in [6.45, 7) is 1.91. The molecule has 1 aliphatic rings. The highest BCUT2D eigenvalue weighted by Gasteiger charge is 2.29. The summed E-state index contributed by atoms with van der Waals surface area (Å²) in [5, 5.41) is 10.5. The van der Waals surface area contributed by atoms with Gasteiger partial charge in [0.25, 0.3) is 5.91 Å². The Hall–Kier alpha value is -3.03. The Bertz CT molecular complexity index is 864. The average Bonchev–Trinajstić information content (AvgIpc) is 3.18. The Balaban J connectivity index is 1.41. The third kappa shape index (κ3) is 3.03. The molecule has 0 radical (unpaired) electrons. The highest BCUT2D eigenvalue weighted by Crippen LogP contribution is 2.39. The quantitative estimate of drug-likeness (QED) is 0.766. The van der Waals surface area contributed by atoms with Crippen molar-refractivity contribution in [1.82, 2.24) is 25.6 Å². The summed E-state index contributed by atoms with van der Waals surface area (Å²) in [5.74, 6) is 2.36. The van der Waals surface area contributed by atoms with Gasteiger partial charge >= 0.3 is 0 Å². The molecule has 2 aromatic heterocycles. The summed E-state index contributed by atoms with van der Waals surface area (Å²) in [4.78, 5) is 20.5. The number of aromatic nitrogens is 4. The SMILES string of the molecule is Cc1nc(CNC(=O)c2ccc(-c3noc(C4CC4)n3)cc2)no1.